The van der Waals surface area contributed by atoms with E-state index in [9.17, 15) is 19.5 Å². The third kappa shape index (κ3) is 4.51. The number of carbonyl (C=O) groups excluding carboxylic acids is 2. The van der Waals surface area contributed by atoms with Gasteiger partial charge in [-0.1, -0.05) is 61.4 Å². The fourth-order valence-corrected chi connectivity index (χ4v) is 5.66. The van der Waals surface area contributed by atoms with Crippen molar-refractivity contribution in [2.24, 2.45) is 0 Å². The van der Waals surface area contributed by atoms with E-state index in [2.05, 4.69) is 39.9 Å². The van der Waals surface area contributed by atoms with Crippen molar-refractivity contribution in [2.45, 2.75) is 43.7 Å². The number of alkyl carbamates (subject to hydrolysis) is 1. The SMILES string of the molecule is O=C(NCc1nc(C(=O)NC2(C(=O)O)CCCC2)cs1)OCC1c2ccccc2-c2ccccc21. The first-order chi connectivity index (χ1) is 17.0. The van der Waals surface area contributed by atoms with Crippen LogP contribution in [0.4, 0.5) is 4.79 Å². The van der Waals surface area contributed by atoms with Crippen LogP contribution >= 0.6 is 11.3 Å². The number of aromatic nitrogens is 1. The second-order valence-electron chi connectivity index (χ2n) is 8.85. The molecule has 0 aliphatic heterocycles. The lowest BCUT2D eigenvalue weighted by Gasteiger charge is -2.24. The molecule has 180 valence electrons. The molecule has 9 heteroatoms. The number of carboxylic acid groups (broad SMARTS) is 1. The molecule has 0 atom stereocenters. The summed E-state index contributed by atoms with van der Waals surface area (Å²) >= 11 is 1.22. The van der Waals surface area contributed by atoms with Gasteiger partial charge in [0.2, 0.25) is 0 Å². The highest BCUT2D eigenvalue weighted by atomic mass is 32.1. The van der Waals surface area contributed by atoms with Gasteiger partial charge in [-0.05, 0) is 35.1 Å². The quantitative estimate of drug-likeness (QED) is 0.453. The number of aliphatic carboxylic acids is 1. The van der Waals surface area contributed by atoms with Gasteiger partial charge in [-0.3, -0.25) is 4.79 Å². The Morgan fingerprint density at radius 3 is 2.29 bits per heavy atom. The van der Waals surface area contributed by atoms with Gasteiger partial charge < -0.3 is 20.5 Å². The molecule has 0 spiro atoms. The molecule has 8 nitrogen and oxygen atoms in total. The van der Waals surface area contributed by atoms with Gasteiger partial charge in [0, 0.05) is 11.3 Å². The molecule has 2 amide bonds. The standard InChI is InChI=1S/C26H25N3O5S/c30-23(29-26(24(31)32)11-5-6-12-26)21-15-35-22(28-21)13-27-25(33)34-14-20-18-9-3-1-7-16(18)17-8-2-4-10-19(17)20/h1-4,7-10,15,20H,5-6,11-14H2,(H,27,33)(H,29,30)(H,31,32). The van der Waals surface area contributed by atoms with Crippen molar-refractivity contribution in [1.82, 2.24) is 15.6 Å². The van der Waals surface area contributed by atoms with Crippen molar-refractivity contribution in [3.05, 3.63) is 75.7 Å². The average Bonchev–Trinajstić information content (AvgIpc) is 3.60. The van der Waals surface area contributed by atoms with E-state index in [4.69, 9.17) is 4.74 Å². The number of carboxylic acids is 1. The number of carbonyl (C=O) groups is 3. The second-order valence-corrected chi connectivity index (χ2v) is 9.80. The highest BCUT2D eigenvalue weighted by Gasteiger charge is 2.43. The third-order valence-corrected chi connectivity index (χ3v) is 7.58. The highest BCUT2D eigenvalue weighted by Crippen LogP contribution is 2.44. The lowest BCUT2D eigenvalue weighted by Crippen LogP contribution is -2.52. The number of amides is 2. The van der Waals surface area contributed by atoms with Gasteiger partial charge in [-0.15, -0.1) is 11.3 Å². The van der Waals surface area contributed by atoms with Crippen LogP contribution in [0, 0.1) is 0 Å². The summed E-state index contributed by atoms with van der Waals surface area (Å²) in [7, 11) is 0. The maximum absolute atomic E-state index is 12.6. The maximum atomic E-state index is 12.6. The van der Waals surface area contributed by atoms with Crippen LogP contribution in [-0.2, 0) is 16.1 Å². The van der Waals surface area contributed by atoms with Gasteiger partial charge in [0.1, 0.15) is 22.8 Å². The number of hydrogen-bond acceptors (Lipinski definition) is 6. The largest absolute Gasteiger partial charge is 0.480 e. The van der Waals surface area contributed by atoms with Crippen molar-refractivity contribution in [2.75, 3.05) is 6.61 Å². The third-order valence-electron chi connectivity index (χ3n) is 6.73. The molecule has 3 N–H and O–H groups in total. The minimum atomic E-state index is -1.22. The molecule has 1 fully saturated rings. The van der Waals surface area contributed by atoms with E-state index in [1.54, 1.807) is 5.38 Å². The van der Waals surface area contributed by atoms with Gasteiger partial charge in [0.15, 0.2) is 0 Å². The molecule has 2 aliphatic carbocycles. The predicted molar refractivity (Wildman–Crippen MR) is 130 cm³/mol. The molecule has 5 rings (SSSR count). The Balaban J connectivity index is 1.16. The Hall–Kier alpha value is -3.72. The van der Waals surface area contributed by atoms with Crippen molar-refractivity contribution >= 4 is 29.3 Å². The number of ether oxygens (including phenoxy) is 1. The van der Waals surface area contributed by atoms with Crippen molar-refractivity contribution in [1.29, 1.82) is 0 Å². The molecular formula is C26H25N3O5S. The predicted octanol–water partition coefficient (Wildman–Crippen LogP) is 4.31. The average molecular weight is 492 g/mol. The number of nitrogens with one attached hydrogen (secondary N) is 2. The van der Waals surface area contributed by atoms with E-state index in [-0.39, 0.29) is 24.8 Å². The van der Waals surface area contributed by atoms with Crippen molar-refractivity contribution < 1.29 is 24.2 Å². The summed E-state index contributed by atoms with van der Waals surface area (Å²) in [6, 6.07) is 16.3. The van der Waals surface area contributed by atoms with Crippen LogP contribution in [0.25, 0.3) is 11.1 Å². The summed E-state index contributed by atoms with van der Waals surface area (Å²) in [5, 5.41) is 17.0. The first kappa shape index (κ1) is 23.0. The van der Waals surface area contributed by atoms with Gasteiger partial charge in [-0.25, -0.2) is 14.6 Å². The van der Waals surface area contributed by atoms with E-state index in [0.717, 1.165) is 35.1 Å². The second kappa shape index (κ2) is 9.50. The monoisotopic (exact) mass is 491 g/mol. The van der Waals surface area contributed by atoms with Crippen LogP contribution in [0.15, 0.2) is 53.9 Å². The van der Waals surface area contributed by atoms with Crippen molar-refractivity contribution in [3.63, 3.8) is 0 Å². The Morgan fingerprint density at radius 2 is 1.66 bits per heavy atom. The Kier molecular flexibility index (Phi) is 6.25. The number of thiazole rings is 1. The lowest BCUT2D eigenvalue weighted by molar-refractivity contribution is -0.144. The zero-order chi connectivity index (χ0) is 24.4. The van der Waals surface area contributed by atoms with Crippen LogP contribution in [0.3, 0.4) is 0 Å². The first-order valence-electron chi connectivity index (χ1n) is 11.6. The van der Waals surface area contributed by atoms with Crippen LogP contribution in [-0.4, -0.2) is 40.2 Å². The summed E-state index contributed by atoms with van der Waals surface area (Å²) in [6.45, 7) is 0.321. The Morgan fingerprint density at radius 1 is 1.03 bits per heavy atom. The van der Waals surface area contributed by atoms with Gasteiger partial charge >= 0.3 is 12.1 Å². The molecule has 0 saturated heterocycles. The Labute approximate surface area is 206 Å². The molecule has 2 aliphatic rings. The topological polar surface area (TPSA) is 118 Å². The fraction of sp³-hybridized carbons (Fsp3) is 0.308. The number of fused-ring (bicyclic) bond motifs is 3. The van der Waals surface area contributed by atoms with E-state index in [1.807, 2.05) is 24.3 Å². The molecule has 1 saturated carbocycles. The minimum absolute atomic E-state index is 0.0274. The zero-order valence-electron chi connectivity index (χ0n) is 19.0. The summed E-state index contributed by atoms with van der Waals surface area (Å²) in [5.41, 5.74) is 3.52. The molecule has 1 aromatic heterocycles. The molecular weight excluding hydrogens is 466 g/mol. The zero-order valence-corrected chi connectivity index (χ0v) is 19.8. The molecule has 0 bridgehead atoms. The molecule has 0 radical (unpaired) electrons. The molecule has 1 heterocycles. The van der Waals surface area contributed by atoms with E-state index >= 15 is 0 Å². The summed E-state index contributed by atoms with van der Waals surface area (Å²) in [4.78, 5) is 40.9. The van der Waals surface area contributed by atoms with Crippen LogP contribution in [0.2, 0.25) is 0 Å². The fourth-order valence-electron chi connectivity index (χ4n) is 4.95. The number of nitrogens with zero attached hydrogens (tertiary/aromatic N) is 1. The molecule has 3 aromatic rings. The first-order valence-corrected chi connectivity index (χ1v) is 12.4. The summed E-state index contributed by atoms with van der Waals surface area (Å²) in [5.74, 6) is -1.56. The normalized spacial score (nSPS) is 15.8. The van der Waals surface area contributed by atoms with Gasteiger partial charge in [-0.2, -0.15) is 0 Å². The van der Waals surface area contributed by atoms with Gasteiger partial charge in [0.05, 0.1) is 6.54 Å². The van der Waals surface area contributed by atoms with Gasteiger partial charge in [0.25, 0.3) is 5.91 Å². The van der Waals surface area contributed by atoms with E-state index < -0.39 is 23.5 Å². The highest BCUT2D eigenvalue weighted by molar-refractivity contribution is 7.09. The molecule has 35 heavy (non-hydrogen) atoms. The van der Waals surface area contributed by atoms with Crippen molar-refractivity contribution in [3.8, 4) is 11.1 Å². The molecule has 2 aromatic carbocycles. The maximum Gasteiger partial charge on any atom is 0.407 e. The van der Waals surface area contributed by atoms with Crippen LogP contribution in [0.1, 0.15) is 58.2 Å². The molecule has 0 unspecified atom stereocenters. The number of hydrogen-bond donors (Lipinski definition) is 3. The lowest BCUT2D eigenvalue weighted by atomic mass is 9.98. The van der Waals surface area contributed by atoms with E-state index in [1.165, 1.54) is 11.3 Å². The van der Waals surface area contributed by atoms with Crippen LogP contribution < -0.4 is 10.6 Å². The minimum Gasteiger partial charge on any atom is -0.480 e. The number of benzene rings is 2. The number of rotatable bonds is 7. The summed E-state index contributed by atoms with van der Waals surface area (Å²) < 4.78 is 5.53. The van der Waals surface area contributed by atoms with Crippen LogP contribution in [0.5, 0.6) is 0 Å². The van der Waals surface area contributed by atoms with E-state index in [0.29, 0.717) is 17.8 Å². The Bertz CT molecular complexity index is 1240. The smallest absolute Gasteiger partial charge is 0.407 e. The summed E-state index contributed by atoms with van der Waals surface area (Å²) in [6.07, 6.45) is 1.78.